The molecule has 1 fully saturated rings. The summed E-state index contributed by atoms with van der Waals surface area (Å²) in [5, 5.41) is 6.28. The molecule has 0 aromatic heterocycles. The quantitative estimate of drug-likeness (QED) is 0.839. The Morgan fingerprint density at radius 2 is 2.15 bits per heavy atom. The molecule has 0 radical (unpaired) electrons. The van der Waals surface area contributed by atoms with Crippen LogP contribution in [0.5, 0.6) is 0 Å². The SMILES string of the molecule is CCNCc1cccc(NC(=O)CC2CCOCC2)c1. The summed E-state index contributed by atoms with van der Waals surface area (Å²) in [6.07, 6.45) is 2.59. The fourth-order valence-electron chi connectivity index (χ4n) is 2.45. The van der Waals surface area contributed by atoms with Crippen LogP contribution < -0.4 is 10.6 Å². The van der Waals surface area contributed by atoms with Crippen LogP contribution in [0, 0.1) is 5.92 Å². The molecule has 0 spiro atoms. The largest absolute Gasteiger partial charge is 0.381 e. The third-order valence-corrected chi connectivity index (χ3v) is 3.60. The van der Waals surface area contributed by atoms with Crippen LogP contribution in [0.25, 0.3) is 0 Å². The van der Waals surface area contributed by atoms with Crippen molar-refractivity contribution in [2.75, 3.05) is 25.1 Å². The molecular weight excluding hydrogens is 252 g/mol. The third kappa shape index (κ3) is 4.94. The minimum absolute atomic E-state index is 0.109. The number of rotatable bonds is 6. The van der Waals surface area contributed by atoms with Crippen molar-refractivity contribution >= 4 is 11.6 Å². The number of anilines is 1. The van der Waals surface area contributed by atoms with Crippen LogP contribution >= 0.6 is 0 Å². The number of nitrogens with one attached hydrogen (secondary N) is 2. The Labute approximate surface area is 120 Å². The van der Waals surface area contributed by atoms with Gasteiger partial charge in [-0.05, 0) is 43.0 Å². The first-order valence-electron chi connectivity index (χ1n) is 7.45. The van der Waals surface area contributed by atoms with Crippen molar-refractivity contribution in [3.63, 3.8) is 0 Å². The van der Waals surface area contributed by atoms with E-state index in [-0.39, 0.29) is 5.91 Å². The first-order chi connectivity index (χ1) is 9.78. The molecule has 1 saturated heterocycles. The maximum absolute atomic E-state index is 12.0. The first kappa shape index (κ1) is 15.0. The summed E-state index contributed by atoms with van der Waals surface area (Å²) < 4.78 is 5.31. The van der Waals surface area contributed by atoms with E-state index in [4.69, 9.17) is 4.74 Å². The van der Waals surface area contributed by atoms with Crippen molar-refractivity contribution in [3.05, 3.63) is 29.8 Å². The van der Waals surface area contributed by atoms with Gasteiger partial charge in [-0.3, -0.25) is 4.79 Å². The van der Waals surface area contributed by atoms with E-state index in [0.29, 0.717) is 12.3 Å². The van der Waals surface area contributed by atoms with Gasteiger partial charge in [-0.2, -0.15) is 0 Å². The maximum Gasteiger partial charge on any atom is 0.224 e. The molecule has 1 aromatic rings. The van der Waals surface area contributed by atoms with E-state index in [1.54, 1.807) is 0 Å². The zero-order valence-electron chi connectivity index (χ0n) is 12.2. The van der Waals surface area contributed by atoms with Gasteiger partial charge in [0.05, 0.1) is 0 Å². The number of hydrogen-bond donors (Lipinski definition) is 2. The van der Waals surface area contributed by atoms with Crippen molar-refractivity contribution in [1.82, 2.24) is 5.32 Å². The minimum Gasteiger partial charge on any atom is -0.381 e. The molecule has 0 saturated carbocycles. The molecule has 1 heterocycles. The second-order valence-corrected chi connectivity index (χ2v) is 5.29. The van der Waals surface area contributed by atoms with E-state index >= 15 is 0 Å². The Hall–Kier alpha value is -1.39. The van der Waals surface area contributed by atoms with Crippen LogP contribution in [-0.4, -0.2) is 25.7 Å². The predicted octanol–water partition coefficient (Wildman–Crippen LogP) is 2.55. The van der Waals surface area contributed by atoms with Crippen molar-refractivity contribution in [2.24, 2.45) is 5.92 Å². The molecule has 1 aliphatic heterocycles. The molecule has 2 rings (SSSR count). The number of carbonyl (C=O) groups is 1. The fraction of sp³-hybridized carbons (Fsp3) is 0.562. The average molecular weight is 276 g/mol. The topological polar surface area (TPSA) is 50.4 Å². The second-order valence-electron chi connectivity index (χ2n) is 5.29. The summed E-state index contributed by atoms with van der Waals surface area (Å²) in [5.41, 5.74) is 2.08. The van der Waals surface area contributed by atoms with E-state index < -0.39 is 0 Å². The van der Waals surface area contributed by atoms with E-state index in [2.05, 4.69) is 23.6 Å². The van der Waals surface area contributed by atoms with Crippen LogP contribution in [0.4, 0.5) is 5.69 Å². The average Bonchev–Trinajstić information content (AvgIpc) is 2.46. The summed E-state index contributed by atoms with van der Waals surface area (Å²) in [5.74, 6) is 0.575. The van der Waals surface area contributed by atoms with E-state index in [1.165, 1.54) is 5.56 Å². The highest BCUT2D eigenvalue weighted by molar-refractivity contribution is 5.90. The molecule has 1 aliphatic rings. The van der Waals surface area contributed by atoms with E-state index in [9.17, 15) is 4.79 Å². The molecule has 0 bridgehead atoms. The monoisotopic (exact) mass is 276 g/mol. The van der Waals surface area contributed by atoms with Crippen molar-refractivity contribution in [1.29, 1.82) is 0 Å². The van der Waals surface area contributed by atoms with E-state index in [1.807, 2.05) is 18.2 Å². The van der Waals surface area contributed by atoms with Crippen molar-refractivity contribution in [3.8, 4) is 0 Å². The summed E-state index contributed by atoms with van der Waals surface area (Å²) >= 11 is 0. The molecule has 110 valence electrons. The summed E-state index contributed by atoms with van der Waals surface area (Å²) in [7, 11) is 0. The lowest BCUT2D eigenvalue weighted by Gasteiger charge is -2.21. The Morgan fingerprint density at radius 3 is 2.90 bits per heavy atom. The minimum atomic E-state index is 0.109. The summed E-state index contributed by atoms with van der Waals surface area (Å²) in [6, 6.07) is 8.02. The fourth-order valence-corrected chi connectivity index (χ4v) is 2.45. The first-order valence-corrected chi connectivity index (χ1v) is 7.45. The van der Waals surface area contributed by atoms with Gasteiger partial charge in [-0.25, -0.2) is 0 Å². The molecule has 2 N–H and O–H groups in total. The van der Waals surface area contributed by atoms with Gasteiger partial charge in [0.15, 0.2) is 0 Å². The number of benzene rings is 1. The van der Waals surface area contributed by atoms with Crippen LogP contribution in [0.15, 0.2) is 24.3 Å². The highest BCUT2D eigenvalue weighted by Gasteiger charge is 2.17. The van der Waals surface area contributed by atoms with Gasteiger partial charge in [-0.15, -0.1) is 0 Å². The van der Waals surface area contributed by atoms with Gasteiger partial charge in [0.2, 0.25) is 5.91 Å². The smallest absolute Gasteiger partial charge is 0.224 e. The highest BCUT2D eigenvalue weighted by atomic mass is 16.5. The second kappa shape index (κ2) is 8.02. The molecule has 1 aromatic carbocycles. The number of ether oxygens (including phenoxy) is 1. The van der Waals surface area contributed by atoms with Gasteiger partial charge in [0.25, 0.3) is 0 Å². The molecule has 0 atom stereocenters. The molecular formula is C16H24N2O2. The maximum atomic E-state index is 12.0. The molecule has 1 amide bonds. The van der Waals surface area contributed by atoms with Gasteiger partial charge in [0.1, 0.15) is 0 Å². The molecule has 0 unspecified atom stereocenters. The Balaban J connectivity index is 1.83. The normalized spacial score (nSPS) is 16.1. The summed E-state index contributed by atoms with van der Waals surface area (Å²) in [4.78, 5) is 12.0. The zero-order chi connectivity index (χ0) is 14.2. The standard InChI is InChI=1S/C16H24N2O2/c1-2-17-12-14-4-3-5-15(10-14)18-16(19)11-13-6-8-20-9-7-13/h3-5,10,13,17H,2,6-9,11-12H2,1H3,(H,18,19). The lowest BCUT2D eigenvalue weighted by Crippen LogP contribution is -2.22. The number of carbonyl (C=O) groups excluding carboxylic acids is 1. The molecule has 0 aliphatic carbocycles. The lowest BCUT2D eigenvalue weighted by atomic mass is 9.96. The van der Waals surface area contributed by atoms with Gasteiger partial charge in [-0.1, -0.05) is 19.1 Å². The lowest BCUT2D eigenvalue weighted by molar-refractivity contribution is -0.117. The number of hydrogen-bond acceptors (Lipinski definition) is 3. The molecule has 4 heteroatoms. The van der Waals surface area contributed by atoms with Gasteiger partial charge in [0, 0.05) is 31.9 Å². The Bertz CT molecular complexity index is 428. The molecule has 4 nitrogen and oxygen atoms in total. The van der Waals surface area contributed by atoms with Crippen molar-refractivity contribution in [2.45, 2.75) is 32.7 Å². The zero-order valence-corrected chi connectivity index (χ0v) is 12.2. The summed E-state index contributed by atoms with van der Waals surface area (Å²) in [6.45, 7) is 5.44. The van der Waals surface area contributed by atoms with Gasteiger partial charge < -0.3 is 15.4 Å². The van der Waals surface area contributed by atoms with Crippen LogP contribution in [0.3, 0.4) is 0 Å². The molecule has 20 heavy (non-hydrogen) atoms. The van der Waals surface area contributed by atoms with Gasteiger partial charge >= 0.3 is 0 Å². The Kier molecular flexibility index (Phi) is 6.02. The highest BCUT2D eigenvalue weighted by Crippen LogP contribution is 2.19. The number of amides is 1. The van der Waals surface area contributed by atoms with Crippen LogP contribution in [0.2, 0.25) is 0 Å². The van der Waals surface area contributed by atoms with Crippen LogP contribution in [0.1, 0.15) is 31.7 Å². The van der Waals surface area contributed by atoms with Crippen molar-refractivity contribution < 1.29 is 9.53 Å². The Morgan fingerprint density at radius 1 is 1.35 bits per heavy atom. The third-order valence-electron chi connectivity index (χ3n) is 3.60. The van der Waals surface area contributed by atoms with E-state index in [0.717, 1.165) is 44.8 Å². The predicted molar refractivity (Wildman–Crippen MR) is 80.6 cm³/mol. The van der Waals surface area contributed by atoms with Crippen LogP contribution in [-0.2, 0) is 16.1 Å².